The highest BCUT2D eigenvalue weighted by Gasteiger charge is 2.19. The standard InChI is InChI=1S/C16H23NO5/c1-10(2)7-8-22-14-9-12(21-4)5-6-13(14)15(18)17-11(3)16(19)20/h5-6,9-11H,7-8H2,1-4H3,(H,17,18)(H,19,20). The SMILES string of the molecule is COc1ccc(C(=O)NC(C)C(=O)O)c(OCCC(C)C)c1. The van der Waals surface area contributed by atoms with Crippen LogP contribution in [-0.4, -0.2) is 36.7 Å². The molecular formula is C16H23NO5. The quantitative estimate of drug-likeness (QED) is 0.770. The van der Waals surface area contributed by atoms with E-state index in [0.717, 1.165) is 6.42 Å². The number of ether oxygens (including phenoxy) is 2. The fourth-order valence-corrected chi connectivity index (χ4v) is 1.68. The van der Waals surface area contributed by atoms with E-state index in [4.69, 9.17) is 14.6 Å². The Labute approximate surface area is 130 Å². The van der Waals surface area contributed by atoms with Crippen LogP contribution < -0.4 is 14.8 Å². The van der Waals surface area contributed by atoms with Crippen LogP contribution in [0.5, 0.6) is 11.5 Å². The summed E-state index contributed by atoms with van der Waals surface area (Å²) in [6, 6.07) is 3.85. The van der Waals surface area contributed by atoms with Gasteiger partial charge in [-0.15, -0.1) is 0 Å². The fourth-order valence-electron chi connectivity index (χ4n) is 1.68. The third-order valence-corrected chi connectivity index (χ3v) is 3.10. The van der Waals surface area contributed by atoms with Gasteiger partial charge in [-0.05, 0) is 31.4 Å². The number of carbonyl (C=O) groups excluding carboxylic acids is 1. The van der Waals surface area contributed by atoms with Crippen LogP contribution in [0.1, 0.15) is 37.6 Å². The van der Waals surface area contributed by atoms with Crippen molar-refractivity contribution in [1.82, 2.24) is 5.32 Å². The van der Waals surface area contributed by atoms with Gasteiger partial charge in [-0.1, -0.05) is 13.8 Å². The number of nitrogens with one attached hydrogen (secondary N) is 1. The van der Waals surface area contributed by atoms with E-state index >= 15 is 0 Å². The molecule has 1 atom stereocenters. The van der Waals surface area contributed by atoms with Crippen LogP contribution in [0.2, 0.25) is 0 Å². The molecule has 0 spiro atoms. The summed E-state index contributed by atoms with van der Waals surface area (Å²) in [5.41, 5.74) is 0.289. The highest BCUT2D eigenvalue weighted by molar-refractivity contribution is 5.99. The van der Waals surface area contributed by atoms with Crippen LogP contribution in [0, 0.1) is 5.92 Å². The summed E-state index contributed by atoms with van der Waals surface area (Å²) < 4.78 is 10.8. The van der Waals surface area contributed by atoms with E-state index in [9.17, 15) is 9.59 Å². The van der Waals surface area contributed by atoms with Crippen LogP contribution in [-0.2, 0) is 4.79 Å². The molecular weight excluding hydrogens is 286 g/mol. The number of benzene rings is 1. The molecule has 1 rings (SSSR count). The lowest BCUT2D eigenvalue weighted by Gasteiger charge is -2.15. The highest BCUT2D eigenvalue weighted by Crippen LogP contribution is 2.25. The Bertz CT molecular complexity index is 527. The van der Waals surface area contributed by atoms with Gasteiger partial charge in [-0.2, -0.15) is 0 Å². The van der Waals surface area contributed by atoms with Crippen molar-refractivity contribution in [3.63, 3.8) is 0 Å². The molecule has 1 aromatic rings. The molecule has 1 unspecified atom stereocenters. The zero-order valence-corrected chi connectivity index (χ0v) is 13.4. The van der Waals surface area contributed by atoms with E-state index in [1.807, 2.05) is 0 Å². The van der Waals surface area contributed by atoms with Gasteiger partial charge in [0.15, 0.2) is 0 Å². The summed E-state index contributed by atoms with van der Waals surface area (Å²) in [7, 11) is 1.53. The van der Waals surface area contributed by atoms with Crippen molar-refractivity contribution in [3.05, 3.63) is 23.8 Å². The first-order valence-corrected chi connectivity index (χ1v) is 7.19. The van der Waals surface area contributed by atoms with Crippen LogP contribution in [0.4, 0.5) is 0 Å². The summed E-state index contributed by atoms with van der Waals surface area (Å²) >= 11 is 0. The summed E-state index contributed by atoms with van der Waals surface area (Å²) in [6.07, 6.45) is 0.851. The molecule has 0 heterocycles. The molecule has 0 aliphatic heterocycles. The Morgan fingerprint density at radius 2 is 1.95 bits per heavy atom. The minimum absolute atomic E-state index is 0.289. The van der Waals surface area contributed by atoms with Crippen molar-refractivity contribution in [2.45, 2.75) is 33.2 Å². The van der Waals surface area contributed by atoms with Gasteiger partial charge in [0.05, 0.1) is 19.3 Å². The first-order valence-electron chi connectivity index (χ1n) is 7.19. The molecule has 0 aliphatic rings. The number of carboxylic acids is 1. The molecule has 2 N–H and O–H groups in total. The van der Waals surface area contributed by atoms with Gasteiger partial charge in [0.25, 0.3) is 5.91 Å². The number of carbonyl (C=O) groups is 2. The van der Waals surface area contributed by atoms with Crippen molar-refractivity contribution >= 4 is 11.9 Å². The van der Waals surface area contributed by atoms with Gasteiger partial charge in [0, 0.05) is 6.07 Å². The predicted octanol–water partition coefficient (Wildman–Crippen LogP) is 2.32. The molecule has 22 heavy (non-hydrogen) atoms. The number of hydrogen-bond donors (Lipinski definition) is 2. The number of amides is 1. The maximum Gasteiger partial charge on any atom is 0.325 e. The molecule has 0 radical (unpaired) electrons. The van der Waals surface area contributed by atoms with Crippen LogP contribution in [0.15, 0.2) is 18.2 Å². The Morgan fingerprint density at radius 3 is 2.50 bits per heavy atom. The van der Waals surface area contributed by atoms with Crippen molar-refractivity contribution in [3.8, 4) is 11.5 Å². The molecule has 0 saturated carbocycles. The maximum absolute atomic E-state index is 12.2. The number of carboxylic acid groups (broad SMARTS) is 1. The smallest absolute Gasteiger partial charge is 0.325 e. The normalized spacial score (nSPS) is 11.9. The average Bonchev–Trinajstić information content (AvgIpc) is 2.46. The number of aliphatic carboxylic acids is 1. The Kier molecular flexibility index (Phi) is 6.69. The topological polar surface area (TPSA) is 84.9 Å². The second kappa shape index (κ2) is 8.26. The molecule has 1 aromatic carbocycles. The first kappa shape index (κ1) is 17.8. The summed E-state index contributed by atoms with van der Waals surface area (Å²) in [6.45, 7) is 6.04. The van der Waals surface area contributed by atoms with Crippen molar-refractivity contribution < 1.29 is 24.2 Å². The van der Waals surface area contributed by atoms with E-state index in [-0.39, 0.29) is 5.56 Å². The lowest BCUT2D eigenvalue weighted by atomic mass is 10.1. The maximum atomic E-state index is 12.2. The van der Waals surface area contributed by atoms with Gasteiger partial charge >= 0.3 is 5.97 Å². The number of hydrogen-bond acceptors (Lipinski definition) is 4. The predicted molar refractivity (Wildman–Crippen MR) is 82.5 cm³/mol. The monoisotopic (exact) mass is 309 g/mol. The second-order valence-electron chi connectivity index (χ2n) is 5.43. The number of rotatable bonds is 8. The third kappa shape index (κ3) is 5.27. The zero-order valence-electron chi connectivity index (χ0n) is 13.4. The molecule has 0 saturated heterocycles. The third-order valence-electron chi connectivity index (χ3n) is 3.10. The lowest BCUT2D eigenvalue weighted by molar-refractivity contribution is -0.138. The highest BCUT2D eigenvalue weighted by atomic mass is 16.5. The van der Waals surface area contributed by atoms with Gasteiger partial charge in [0.1, 0.15) is 17.5 Å². The Morgan fingerprint density at radius 1 is 1.27 bits per heavy atom. The Balaban J connectivity index is 2.91. The van der Waals surface area contributed by atoms with Crippen molar-refractivity contribution in [1.29, 1.82) is 0 Å². The fraction of sp³-hybridized carbons (Fsp3) is 0.500. The molecule has 0 bridgehead atoms. The van der Waals surface area contributed by atoms with E-state index in [1.165, 1.54) is 14.0 Å². The largest absolute Gasteiger partial charge is 0.497 e. The molecule has 0 fully saturated rings. The van der Waals surface area contributed by atoms with Gasteiger partial charge in [-0.25, -0.2) is 0 Å². The first-order chi connectivity index (χ1) is 10.3. The van der Waals surface area contributed by atoms with E-state index in [1.54, 1.807) is 18.2 Å². The van der Waals surface area contributed by atoms with Crippen LogP contribution in [0.25, 0.3) is 0 Å². The van der Waals surface area contributed by atoms with E-state index in [2.05, 4.69) is 19.2 Å². The minimum atomic E-state index is -1.09. The molecule has 6 nitrogen and oxygen atoms in total. The molecule has 1 amide bonds. The molecule has 6 heteroatoms. The van der Waals surface area contributed by atoms with Crippen LogP contribution in [0.3, 0.4) is 0 Å². The summed E-state index contributed by atoms with van der Waals surface area (Å²) in [4.78, 5) is 23.0. The van der Waals surface area contributed by atoms with Crippen LogP contribution >= 0.6 is 0 Å². The van der Waals surface area contributed by atoms with Crippen molar-refractivity contribution in [2.75, 3.05) is 13.7 Å². The second-order valence-corrected chi connectivity index (χ2v) is 5.43. The van der Waals surface area contributed by atoms with Gasteiger partial charge in [0.2, 0.25) is 0 Å². The molecule has 122 valence electrons. The molecule has 0 aliphatic carbocycles. The van der Waals surface area contributed by atoms with E-state index < -0.39 is 17.9 Å². The minimum Gasteiger partial charge on any atom is -0.497 e. The number of methoxy groups -OCH3 is 1. The lowest BCUT2D eigenvalue weighted by Crippen LogP contribution is -2.38. The zero-order chi connectivity index (χ0) is 16.7. The Hall–Kier alpha value is -2.24. The van der Waals surface area contributed by atoms with Crippen molar-refractivity contribution in [2.24, 2.45) is 5.92 Å². The summed E-state index contributed by atoms with van der Waals surface area (Å²) in [5.74, 6) is -0.145. The van der Waals surface area contributed by atoms with Gasteiger partial charge in [-0.3, -0.25) is 9.59 Å². The van der Waals surface area contributed by atoms with E-state index in [0.29, 0.717) is 24.0 Å². The molecule has 0 aromatic heterocycles. The average molecular weight is 309 g/mol. The summed E-state index contributed by atoms with van der Waals surface area (Å²) in [5, 5.41) is 11.3. The van der Waals surface area contributed by atoms with Gasteiger partial charge < -0.3 is 19.9 Å².